The fourth-order valence-corrected chi connectivity index (χ4v) is 4.31. The van der Waals surface area contributed by atoms with Crippen molar-refractivity contribution in [3.63, 3.8) is 0 Å². The Labute approximate surface area is 137 Å². The number of nitrogens with two attached hydrogens (primary N) is 1. The van der Waals surface area contributed by atoms with Gasteiger partial charge < -0.3 is 4.74 Å². The van der Waals surface area contributed by atoms with Gasteiger partial charge >= 0.3 is 6.09 Å². The standard InChI is InChI=1S/C13H18F2N2O4S2/c1-13(2,3)21-12(18)17-5-4-8-7(10(17)11(14)15)6-9(22-8)23(16,19)20/h6,10-11H,4-5H2,1-3H3,(H2,16,19,20). The molecule has 2 N–H and O–H groups in total. The highest BCUT2D eigenvalue weighted by atomic mass is 32.2. The monoisotopic (exact) mass is 368 g/mol. The van der Waals surface area contributed by atoms with Gasteiger partial charge in [0.25, 0.3) is 6.43 Å². The Morgan fingerprint density at radius 2 is 2.09 bits per heavy atom. The average Bonchev–Trinajstić information content (AvgIpc) is 2.78. The Bertz CT molecular complexity index is 710. The molecule has 0 fully saturated rings. The lowest BCUT2D eigenvalue weighted by Crippen LogP contribution is -2.45. The van der Waals surface area contributed by atoms with E-state index < -0.39 is 34.2 Å². The van der Waals surface area contributed by atoms with E-state index in [0.717, 1.165) is 22.3 Å². The second-order valence-electron chi connectivity index (χ2n) is 6.19. The second-order valence-corrected chi connectivity index (χ2v) is 9.12. The first kappa shape index (κ1) is 18.1. The Hall–Kier alpha value is -1.26. The van der Waals surface area contributed by atoms with Crippen molar-refractivity contribution in [3.8, 4) is 0 Å². The lowest BCUT2D eigenvalue weighted by Gasteiger charge is -2.36. The van der Waals surface area contributed by atoms with Crippen molar-refractivity contribution in [1.29, 1.82) is 0 Å². The molecule has 0 bridgehead atoms. The second kappa shape index (κ2) is 5.99. The van der Waals surface area contributed by atoms with E-state index in [0.29, 0.717) is 4.88 Å². The van der Waals surface area contributed by atoms with Crippen LogP contribution in [0.5, 0.6) is 0 Å². The van der Waals surface area contributed by atoms with Gasteiger partial charge in [-0.1, -0.05) is 0 Å². The molecule has 1 aromatic heterocycles. The lowest BCUT2D eigenvalue weighted by molar-refractivity contribution is -0.0185. The zero-order valence-corrected chi connectivity index (χ0v) is 14.5. The van der Waals surface area contributed by atoms with Crippen LogP contribution < -0.4 is 5.14 Å². The first-order valence-electron chi connectivity index (χ1n) is 6.83. The van der Waals surface area contributed by atoms with Gasteiger partial charge in [0, 0.05) is 11.4 Å². The number of carbonyl (C=O) groups excluding carboxylic acids is 1. The molecule has 23 heavy (non-hydrogen) atoms. The predicted octanol–water partition coefficient (Wildman–Crippen LogP) is 2.49. The summed E-state index contributed by atoms with van der Waals surface area (Å²) in [5.74, 6) is 0. The van der Waals surface area contributed by atoms with Crippen molar-refractivity contribution >= 4 is 27.5 Å². The van der Waals surface area contributed by atoms with E-state index >= 15 is 0 Å². The van der Waals surface area contributed by atoms with E-state index in [1.807, 2.05) is 0 Å². The molecule has 0 saturated heterocycles. The molecule has 1 aliphatic rings. The van der Waals surface area contributed by atoms with Crippen molar-refractivity contribution in [2.24, 2.45) is 5.14 Å². The molecule has 10 heteroatoms. The van der Waals surface area contributed by atoms with Crippen LogP contribution in [0.25, 0.3) is 0 Å². The average molecular weight is 368 g/mol. The summed E-state index contributed by atoms with van der Waals surface area (Å²) in [5.41, 5.74) is -0.698. The highest BCUT2D eigenvalue weighted by molar-refractivity contribution is 7.91. The van der Waals surface area contributed by atoms with Crippen LogP contribution in [0.15, 0.2) is 10.3 Å². The Morgan fingerprint density at radius 3 is 2.57 bits per heavy atom. The Balaban J connectivity index is 2.40. The molecule has 0 saturated carbocycles. The maximum atomic E-state index is 13.5. The first-order valence-corrected chi connectivity index (χ1v) is 9.19. The maximum absolute atomic E-state index is 13.5. The number of nitrogens with zero attached hydrogens (tertiary/aromatic N) is 1. The third kappa shape index (κ3) is 3.99. The molecule has 1 amide bonds. The normalized spacial score (nSPS) is 18.9. The Kier molecular flexibility index (Phi) is 4.71. The molecule has 1 aliphatic heterocycles. The molecule has 1 aromatic rings. The van der Waals surface area contributed by atoms with Crippen LogP contribution in [0.3, 0.4) is 0 Å². The minimum Gasteiger partial charge on any atom is -0.444 e. The minimum atomic E-state index is -3.97. The summed E-state index contributed by atoms with van der Waals surface area (Å²) in [4.78, 5) is 13.6. The molecule has 130 valence electrons. The van der Waals surface area contributed by atoms with E-state index in [-0.39, 0.29) is 22.7 Å². The van der Waals surface area contributed by atoms with Gasteiger partial charge in [-0.2, -0.15) is 0 Å². The number of primary sulfonamides is 1. The van der Waals surface area contributed by atoms with Gasteiger partial charge in [0.05, 0.1) is 0 Å². The van der Waals surface area contributed by atoms with Crippen molar-refractivity contribution in [2.45, 2.75) is 49.5 Å². The molecular formula is C13H18F2N2O4S2. The first-order chi connectivity index (χ1) is 10.4. The van der Waals surface area contributed by atoms with Gasteiger partial charge in [-0.3, -0.25) is 4.90 Å². The predicted molar refractivity (Wildman–Crippen MR) is 81.1 cm³/mol. The number of hydrogen-bond donors (Lipinski definition) is 1. The van der Waals surface area contributed by atoms with Crippen molar-refractivity contribution in [2.75, 3.05) is 6.54 Å². The number of halogens is 2. The summed E-state index contributed by atoms with van der Waals surface area (Å²) < 4.78 is 54.9. The molecule has 0 aromatic carbocycles. The van der Waals surface area contributed by atoms with E-state index in [1.54, 1.807) is 20.8 Å². The summed E-state index contributed by atoms with van der Waals surface area (Å²) >= 11 is 0.865. The fourth-order valence-electron chi connectivity index (χ4n) is 2.33. The van der Waals surface area contributed by atoms with E-state index in [2.05, 4.69) is 0 Å². The zero-order chi connectivity index (χ0) is 17.6. The van der Waals surface area contributed by atoms with Crippen LogP contribution in [-0.4, -0.2) is 38.0 Å². The third-order valence-corrected chi connectivity index (χ3v) is 5.83. The maximum Gasteiger partial charge on any atom is 0.411 e. The highest BCUT2D eigenvalue weighted by Gasteiger charge is 2.40. The van der Waals surface area contributed by atoms with Crippen molar-refractivity contribution in [1.82, 2.24) is 4.90 Å². The molecule has 2 rings (SSSR count). The molecule has 1 unspecified atom stereocenters. The summed E-state index contributed by atoms with van der Waals surface area (Å²) in [6, 6.07) is -0.414. The van der Waals surface area contributed by atoms with Gasteiger partial charge in [-0.25, -0.2) is 27.1 Å². The van der Waals surface area contributed by atoms with Gasteiger partial charge in [-0.05, 0) is 38.8 Å². The van der Waals surface area contributed by atoms with Crippen LogP contribution in [0, 0.1) is 0 Å². The van der Waals surface area contributed by atoms with Crippen LogP contribution in [0.4, 0.5) is 13.6 Å². The number of fused-ring (bicyclic) bond motifs is 1. The van der Waals surface area contributed by atoms with Crippen LogP contribution in [0.2, 0.25) is 0 Å². The van der Waals surface area contributed by atoms with Crippen LogP contribution >= 0.6 is 11.3 Å². The molecule has 0 radical (unpaired) electrons. The molecular weight excluding hydrogens is 350 g/mol. The Morgan fingerprint density at radius 1 is 1.48 bits per heavy atom. The number of ether oxygens (including phenoxy) is 1. The van der Waals surface area contributed by atoms with E-state index in [9.17, 15) is 22.0 Å². The molecule has 0 aliphatic carbocycles. The largest absolute Gasteiger partial charge is 0.444 e. The van der Waals surface area contributed by atoms with Crippen LogP contribution in [0.1, 0.15) is 37.3 Å². The topological polar surface area (TPSA) is 89.7 Å². The highest BCUT2D eigenvalue weighted by Crippen LogP contribution is 2.40. The fraction of sp³-hybridized carbons (Fsp3) is 0.615. The van der Waals surface area contributed by atoms with Gasteiger partial charge in [0.2, 0.25) is 10.0 Å². The van der Waals surface area contributed by atoms with Crippen LogP contribution in [-0.2, 0) is 21.2 Å². The zero-order valence-electron chi connectivity index (χ0n) is 12.9. The van der Waals surface area contributed by atoms with Crippen molar-refractivity contribution < 1.29 is 26.7 Å². The molecule has 2 heterocycles. The summed E-state index contributed by atoms with van der Waals surface area (Å²) in [5, 5.41) is 5.06. The van der Waals surface area contributed by atoms with Crippen molar-refractivity contribution in [3.05, 3.63) is 16.5 Å². The summed E-state index contributed by atoms with van der Waals surface area (Å²) in [7, 11) is -3.97. The number of thiophene rings is 1. The molecule has 6 nitrogen and oxygen atoms in total. The number of alkyl halides is 2. The number of carbonyl (C=O) groups is 1. The minimum absolute atomic E-state index is 0.0293. The molecule has 1 atom stereocenters. The van der Waals surface area contributed by atoms with E-state index in [4.69, 9.17) is 9.88 Å². The lowest BCUT2D eigenvalue weighted by atomic mass is 10.0. The van der Waals surface area contributed by atoms with Gasteiger partial charge in [0.1, 0.15) is 15.9 Å². The smallest absolute Gasteiger partial charge is 0.411 e. The molecule has 0 spiro atoms. The number of amides is 1. The summed E-state index contributed by atoms with van der Waals surface area (Å²) in [6.07, 6.45) is -3.45. The quantitative estimate of drug-likeness (QED) is 0.868. The van der Waals surface area contributed by atoms with E-state index in [1.165, 1.54) is 0 Å². The number of rotatable bonds is 2. The number of hydrogen-bond acceptors (Lipinski definition) is 5. The SMILES string of the molecule is CC(C)(C)OC(=O)N1CCc2sc(S(N)(=O)=O)cc2C1C(F)F. The summed E-state index contributed by atoms with van der Waals surface area (Å²) in [6.45, 7) is 4.95. The number of sulfonamides is 1. The van der Waals surface area contributed by atoms with Gasteiger partial charge in [0.15, 0.2) is 0 Å². The third-order valence-electron chi connectivity index (χ3n) is 3.20. The van der Waals surface area contributed by atoms with Gasteiger partial charge in [-0.15, -0.1) is 11.3 Å².